The predicted octanol–water partition coefficient (Wildman–Crippen LogP) is 3.70. The van der Waals surface area contributed by atoms with Crippen LogP contribution in [0.2, 0.25) is 0 Å². The van der Waals surface area contributed by atoms with Crippen LogP contribution in [0.4, 0.5) is 5.69 Å². The average molecular weight is 607 g/mol. The zero-order valence-corrected chi connectivity index (χ0v) is 26.6. The van der Waals surface area contributed by atoms with Gasteiger partial charge in [0, 0.05) is 35.6 Å². The number of para-hydroxylation sites is 2. The van der Waals surface area contributed by atoms with Gasteiger partial charge < -0.3 is 32.2 Å². The number of carbonyl (C=O) groups excluding carboxylic acids is 3. The van der Waals surface area contributed by atoms with E-state index < -0.39 is 36.2 Å². The van der Waals surface area contributed by atoms with Crippen LogP contribution in [-0.2, 0) is 20.8 Å². The molecule has 0 saturated carbocycles. The minimum atomic E-state index is -1.27. The molecule has 0 aliphatic heterocycles. The number of H-pyrrole nitrogens is 1. The lowest BCUT2D eigenvalue weighted by molar-refractivity contribution is -0.130. The van der Waals surface area contributed by atoms with Gasteiger partial charge in [-0.15, -0.1) is 0 Å². The highest BCUT2D eigenvalue weighted by molar-refractivity contribution is 5.90. The molecule has 2 aromatic carbocycles. The molecule has 0 aliphatic carbocycles. The number of hydrogen-bond donors (Lipinski definition) is 7. The van der Waals surface area contributed by atoms with Crippen molar-refractivity contribution in [2.24, 2.45) is 17.6 Å². The molecule has 5 unspecified atom stereocenters. The lowest BCUT2D eigenvalue weighted by Crippen LogP contribution is -2.59. The minimum Gasteiger partial charge on any atom is -0.398 e. The summed E-state index contributed by atoms with van der Waals surface area (Å²) in [6.07, 6.45) is 2.58. The Morgan fingerprint density at radius 3 is 2.23 bits per heavy atom. The van der Waals surface area contributed by atoms with Gasteiger partial charge in [0.2, 0.25) is 17.7 Å². The van der Waals surface area contributed by atoms with Crippen molar-refractivity contribution in [2.45, 2.75) is 97.0 Å². The van der Waals surface area contributed by atoms with Crippen molar-refractivity contribution < 1.29 is 19.5 Å². The summed E-state index contributed by atoms with van der Waals surface area (Å²) in [5.41, 5.74) is 15.2. The average Bonchev–Trinajstić information content (AvgIpc) is 3.37. The molecule has 0 saturated heterocycles. The number of rotatable bonds is 17. The van der Waals surface area contributed by atoms with Crippen LogP contribution in [0.25, 0.3) is 10.9 Å². The molecular weight excluding hydrogens is 556 g/mol. The second kappa shape index (κ2) is 16.3. The fourth-order valence-electron chi connectivity index (χ4n) is 5.50. The van der Waals surface area contributed by atoms with Crippen molar-refractivity contribution in [3.8, 4) is 0 Å². The molecule has 0 bridgehead atoms. The van der Waals surface area contributed by atoms with E-state index in [0.29, 0.717) is 37.3 Å². The number of amides is 3. The first kappa shape index (κ1) is 34.6. The highest BCUT2D eigenvalue weighted by Gasteiger charge is 2.31. The van der Waals surface area contributed by atoms with E-state index in [2.05, 4.69) is 20.9 Å². The van der Waals surface area contributed by atoms with E-state index >= 15 is 0 Å². The van der Waals surface area contributed by atoms with Gasteiger partial charge in [-0.05, 0) is 60.3 Å². The van der Waals surface area contributed by atoms with E-state index in [-0.39, 0.29) is 24.2 Å². The van der Waals surface area contributed by atoms with Crippen molar-refractivity contribution in [2.75, 3.05) is 5.73 Å². The highest BCUT2D eigenvalue weighted by Crippen LogP contribution is 2.26. The Bertz CT molecular complexity index is 1390. The van der Waals surface area contributed by atoms with Crippen LogP contribution < -0.4 is 27.4 Å². The molecule has 44 heavy (non-hydrogen) atoms. The van der Waals surface area contributed by atoms with Gasteiger partial charge in [0.25, 0.3) is 0 Å². The van der Waals surface area contributed by atoms with Crippen LogP contribution in [0.1, 0.15) is 77.3 Å². The standard InChI is InChI=1S/C34H50N6O4/c1-20(2)14-15-31(41)38-30(18-23-19-37-27-13-9-7-11-25(23)27)34(44)40-29(16-21(3)4)33(43)39-28(32(36)42)17-22(5)24-10-6-8-12-26(24)35/h6-13,19-22,28-30,33,37,39,43H,14-18,35H2,1-5H3,(H2,36,42)(H,38,41)(H,40,44). The SMILES string of the molecule is CC(C)CCC(=O)NC(Cc1c[nH]c2ccccc12)C(=O)NC(CC(C)C)C(O)NC(CC(C)c1ccccc1N)C(N)=O. The van der Waals surface area contributed by atoms with Crippen molar-refractivity contribution in [1.82, 2.24) is 20.9 Å². The third-order valence-corrected chi connectivity index (χ3v) is 7.97. The number of nitrogens with one attached hydrogen (secondary N) is 4. The maximum absolute atomic E-state index is 13.8. The number of carbonyl (C=O) groups is 3. The molecule has 0 spiro atoms. The Morgan fingerprint density at radius 1 is 0.886 bits per heavy atom. The third-order valence-electron chi connectivity index (χ3n) is 7.97. The largest absolute Gasteiger partial charge is 0.398 e. The highest BCUT2D eigenvalue weighted by atomic mass is 16.3. The number of aromatic nitrogens is 1. The Labute approximate surface area is 260 Å². The van der Waals surface area contributed by atoms with Gasteiger partial charge in [-0.3, -0.25) is 19.7 Å². The van der Waals surface area contributed by atoms with Gasteiger partial charge in [0.1, 0.15) is 12.3 Å². The summed E-state index contributed by atoms with van der Waals surface area (Å²) in [4.78, 5) is 42.4. The van der Waals surface area contributed by atoms with Crippen molar-refractivity contribution >= 4 is 34.3 Å². The number of primary amides is 1. The molecule has 9 N–H and O–H groups in total. The lowest BCUT2D eigenvalue weighted by Gasteiger charge is -2.31. The minimum absolute atomic E-state index is 0.111. The topological polar surface area (TPSA) is 175 Å². The van der Waals surface area contributed by atoms with E-state index in [9.17, 15) is 19.5 Å². The second-order valence-electron chi connectivity index (χ2n) is 12.7. The van der Waals surface area contributed by atoms with Gasteiger partial charge in [-0.2, -0.15) is 0 Å². The summed E-state index contributed by atoms with van der Waals surface area (Å²) in [6.45, 7) is 10.00. The molecule has 0 fully saturated rings. The summed E-state index contributed by atoms with van der Waals surface area (Å²) >= 11 is 0. The first-order chi connectivity index (χ1) is 20.8. The van der Waals surface area contributed by atoms with Gasteiger partial charge in [0.15, 0.2) is 0 Å². The third kappa shape index (κ3) is 10.1. The van der Waals surface area contributed by atoms with E-state index in [1.54, 1.807) is 6.07 Å². The number of fused-ring (bicyclic) bond motifs is 1. The molecule has 1 heterocycles. The summed E-state index contributed by atoms with van der Waals surface area (Å²) in [5.74, 6) is -0.902. The summed E-state index contributed by atoms with van der Waals surface area (Å²) in [5, 5.41) is 21.2. The van der Waals surface area contributed by atoms with E-state index in [1.807, 2.05) is 83.3 Å². The summed E-state index contributed by atoms with van der Waals surface area (Å²) in [7, 11) is 0. The molecule has 0 radical (unpaired) electrons. The van der Waals surface area contributed by atoms with E-state index in [4.69, 9.17) is 11.5 Å². The number of benzene rings is 2. The zero-order valence-electron chi connectivity index (χ0n) is 26.6. The molecule has 10 nitrogen and oxygen atoms in total. The monoisotopic (exact) mass is 606 g/mol. The summed E-state index contributed by atoms with van der Waals surface area (Å²) in [6, 6.07) is 12.7. The van der Waals surface area contributed by atoms with Crippen LogP contribution in [-0.4, -0.2) is 52.2 Å². The number of nitrogen functional groups attached to an aromatic ring is 1. The molecular formula is C34H50N6O4. The quantitative estimate of drug-likeness (QED) is 0.0911. The van der Waals surface area contributed by atoms with Crippen LogP contribution >= 0.6 is 0 Å². The normalized spacial score (nSPS) is 15.1. The maximum atomic E-state index is 13.8. The van der Waals surface area contributed by atoms with Crippen LogP contribution in [0.5, 0.6) is 0 Å². The van der Waals surface area contributed by atoms with Crippen molar-refractivity contribution in [3.63, 3.8) is 0 Å². The Hall–Kier alpha value is -3.89. The predicted molar refractivity (Wildman–Crippen MR) is 175 cm³/mol. The fraction of sp³-hybridized carbons (Fsp3) is 0.500. The van der Waals surface area contributed by atoms with Crippen molar-refractivity contribution in [3.05, 3.63) is 65.9 Å². The van der Waals surface area contributed by atoms with Crippen LogP contribution in [0.3, 0.4) is 0 Å². The Balaban J connectivity index is 1.79. The lowest BCUT2D eigenvalue weighted by atomic mass is 9.92. The second-order valence-corrected chi connectivity index (χ2v) is 12.7. The molecule has 10 heteroatoms. The Morgan fingerprint density at radius 2 is 1.57 bits per heavy atom. The van der Waals surface area contributed by atoms with E-state index in [1.165, 1.54) is 0 Å². The zero-order chi connectivity index (χ0) is 32.4. The smallest absolute Gasteiger partial charge is 0.243 e. The van der Waals surface area contributed by atoms with E-state index in [0.717, 1.165) is 22.0 Å². The Kier molecular flexibility index (Phi) is 12.8. The molecule has 1 aromatic heterocycles. The number of hydrogen-bond acceptors (Lipinski definition) is 6. The first-order valence-electron chi connectivity index (χ1n) is 15.6. The fourth-order valence-corrected chi connectivity index (χ4v) is 5.50. The molecule has 3 amide bonds. The number of nitrogens with two attached hydrogens (primary N) is 2. The van der Waals surface area contributed by atoms with Gasteiger partial charge in [-0.1, -0.05) is 71.0 Å². The molecule has 5 atom stereocenters. The molecule has 3 aromatic rings. The number of aliphatic hydroxyl groups is 1. The molecule has 240 valence electrons. The summed E-state index contributed by atoms with van der Waals surface area (Å²) < 4.78 is 0. The van der Waals surface area contributed by atoms with Gasteiger partial charge in [-0.25, -0.2) is 0 Å². The maximum Gasteiger partial charge on any atom is 0.243 e. The van der Waals surface area contributed by atoms with Gasteiger partial charge >= 0.3 is 0 Å². The molecule has 3 rings (SSSR count). The first-order valence-corrected chi connectivity index (χ1v) is 15.6. The van der Waals surface area contributed by atoms with Gasteiger partial charge in [0.05, 0.1) is 12.1 Å². The number of anilines is 1. The van der Waals surface area contributed by atoms with Crippen LogP contribution in [0, 0.1) is 11.8 Å². The van der Waals surface area contributed by atoms with Crippen molar-refractivity contribution in [1.29, 1.82) is 0 Å². The van der Waals surface area contributed by atoms with Crippen LogP contribution in [0.15, 0.2) is 54.7 Å². The molecule has 0 aliphatic rings. The number of aliphatic hydroxyl groups excluding tert-OH is 1. The number of aromatic amines is 1.